The standard InChI is InChI=1S/C36H33N7O5S3/c37-36-41-32(42-51-36)25-14-7-15-26(25)48-39-20-28(44)40-29-33(45)43-30(27(21-50-34(29)43)49-18-16-22-9-8-17-38-19-22)35(46)47-31(23-10-3-1-4-11-23)24-12-5-2-6-13-24/h1-6,8-13,16-20,25-26,29,31,34H,7,14-15,21H2,(H,40,44)(H2,37,41,42)/b18-16-,39-20?/t25?,26?,29?,34-/m1/s1. The van der Waals surface area contributed by atoms with E-state index in [9.17, 15) is 14.4 Å². The Bertz CT molecular complexity index is 1920. The van der Waals surface area contributed by atoms with E-state index in [0.29, 0.717) is 21.6 Å². The van der Waals surface area contributed by atoms with Crippen molar-refractivity contribution in [2.24, 2.45) is 5.16 Å². The van der Waals surface area contributed by atoms with E-state index in [2.05, 4.69) is 24.8 Å². The number of hydrogen-bond donors (Lipinski definition) is 2. The van der Waals surface area contributed by atoms with E-state index in [1.54, 1.807) is 12.4 Å². The fourth-order valence-electron chi connectivity index (χ4n) is 6.18. The molecule has 4 heterocycles. The van der Waals surface area contributed by atoms with Gasteiger partial charge in [0.15, 0.2) is 17.1 Å². The quantitative estimate of drug-likeness (QED) is 0.0817. The Balaban J connectivity index is 1.07. The summed E-state index contributed by atoms with van der Waals surface area (Å²) in [6.45, 7) is 0. The van der Waals surface area contributed by atoms with Crippen molar-refractivity contribution in [3.05, 3.63) is 124 Å². The van der Waals surface area contributed by atoms with E-state index in [4.69, 9.17) is 15.3 Å². The number of rotatable bonds is 12. The second-order valence-electron chi connectivity index (χ2n) is 11.9. The van der Waals surface area contributed by atoms with Gasteiger partial charge in [0, 0.05) is 34.6 Å². The van der Waals surface area contributed by atoms with Crippen LogP contribution in [0.1, 0.15) is 53.8 Å². The minimum absolute atomic E-state index is 0.0567. The number of thioether (sulfide) groups is 2. The zero-order valence-electron chi connectivity index (χ0n) is 27.1. The average molecular weight is 740 g/mol. The fourth-order valence-corrected chi connectivity index (χ4v) is 9.03. The molecule has 3 aliphatic rings. The molecular formula is C36H33N7O5S3. The minimum atomic E-state index is -0.866. The van der Waals surface area contributed by atoms with Crippen molar-refractivity contribution in [3.8, 4) is 0 Å². The highest BCUT2D eigenvalue weighted by atomic mass is 32.2. The Morgan fingerprint density at radius 2 is 1.82 bits per heavy atom. The van der Waals surface area contributed by atoms with Crippen LogP contribution in [-0.2, 0) is 24.0 Å². The second-order valence-corrected chi connectivity index (χ2v) is 14.8. The van der Waals surface area contributed by atoms with Gasteiger partial charge in [-0.15, -0.1) is 11.8 Å². The third-order valence-electron chi connectivity index (χ3n) is 8.62. The summed E-state index contributed by atoms with van der Waals surface area (Å²) in [6, 6.07) is 21.8. The van der Waals surface area contributed by atoms with Crippen molar-refractivity contribution in [1.29, 1.82) is 0 Å². The molecule has 0 radical (unpaired) electrons. The summed E-state index contributed by atoms with van der Waals surface area (Å²) >= 11 is 3.93. The first-order valence-corrected chi connectivity index (χ1v) is 19.0. The zero-order valence-corrected chi connectivity index (χ0v) is 29.6. The van der Waals surface area contributed by atoms with Gasteiger partial charge in [-0.3, -0.25) is 19.5 Å². The third kappa shape index (κ3) is 7.85. The number of nitrogens with zero attached hydrogens (tertiary/aromatic N) is 5. The highest BCUT2D eigenvalue weighted by molar-refractivity contribution is 8.08. The van der Waals surface area contributed by atoms with Gasteiger partial charge in [-0.2, -0.15) is 4.37 Å². The molecule has 2 amide bonds. The molecule has 1 saturated carbocycles. The molecule has 3 N–H and O–H groups in total. The number of carbonyl (C=O) groups is 3. The molecule has 1 aliphatic carbocycles. The monoisotopic (exact) mass is 739 g/mol. The largest absolute Gasteiger partial charge is 0.448 e. The predicted molar refractivity (Wildman–Crippen MR) is 198 cm³/mol. The lowest BCUT2D eigenvalue weighted by Crippen LogP contribution is -2.70. The number of ether oxygens (including phenoxy) is 1. The van der Waals surface area contributed by atoms with E-state index < -0.39 is 35.3 Å². The molecule has 3 unspecified atom stereocenters. The molecule has 12 nitrogen and oxygen atoms in total. The fraction of sp³-hybridized carbons (Fsp3) is 0.250. The summed E-state index contributed by atoms with van der Waals surface area (Å²) in [7, 11) is 0. The number of nitrogen functional groups attached to an aromatic ring is 1. The molecule has 0 bridgehead atoms. The topological polar surface area (TPSA) is 162 Å². The maximum absolute atomic E-state index is 14.2. The Kier molecular flexibility index (Phi) is 10.8. The van der Waals surface area contributed by atoms with E-state index in [-0.39, 0.29) is 17.7 Å². The van der Waals surface area contributed by atoms with Crippen molar-refractivity contribution in [2.45, 2.75) is 48.8 Å². The molecule has 2 aliphatic heterocycles. The molecule has 0 spiro atoms. The van der Waals surface area contributed by atoms with E-state index in [1.807, 2.05) is 84.3 Å². The smallest absolute Gasteiger partial charge is 0.356 e. The van der Waals surface area contributed by atoms with Crippen LogP contribution in [0.25, 0.3) is 6.08 Å². The number of anilines is 1. The Morgan fingerprint density at radius 1 is 1.06 bits per heavy atom. The Morgan fingerprint density at radius 3 is 2.51 bits per heavy atom. The molecule has 2 aromatic heterocycles. The van der Waals surface area contributed by atoms with Crippen molar-refractivity contribution in [1.82, 2.24) is 24.6 Å². The predicted octanol–water partition coefficient (Wildman–Crippen LogP) is 5.50. The van der Waals surface area contributed by atoms with Crippen molar-refractivity contribution in [3.63, 3.8) is 0 Å². The van der Waals surface area contributed by atoms with Gasteiger partial charge in [0.05, 0.1) is 5.92 Å². The van der Waals surface area contributed by atoms with Crippen molar-refractivity contribution in [2.75, 3.05) is 11.5 Å². The van der Waals surface area contributed by atoms with Crippen LogP contribution in [0, 0.1) is 0 Å². The van der Waals surface area contributed by atoms with Crippen LogP contribution in [0.2, 0.25) is 0 Å². The Labute approximate surface area is 306 Å². The van der Waals surface area contributed by atoms with E-state index >= 15 is 0 Å². The number of oxime groups is 1. The molecule has 2 fully saturated rings. The number of fused-ring (bicyclic) bond motifs is 1. The number of carbonyl (C=O) groups excluding carboxylic acids is 3. The first-order valence-electron chi connectivity index (χ1n) is 16.3. The molecule has 4 aromatic rings. The van der Waals surface area contributed by atoms with Gasteiger partial charge in [-0.1, -0.05) is 83.6 Å². The van der Waals surface area contributed by atoms with Gasteiger partial charge in [-0.25, -0.2) is 9.78 Å². The second kappa shape index (κ2) is 15.9. The first-order chi connectivity index (χ1) is 25.0. The number of nitrogens with two attached hydrogens (primary N) is 1. The lowest BCUT2D eigenvalue weighted by Gasteiger charge is -2.49. The molecular weight excluding hydrogens is 707 g/mol. The van der Waals surface area contributed by atoms with Crippen LogP contribution in [0.4, 0.5) is 5.13 Å². The highest BCUT2D eigenvalue weighted by Gasteiger charge is 2.54. The lowest BCUT2D eigenvalue weighted by molar-refractivity contribution is -0.154. The van der Waals surface area contributed by atoms with Gasteiger partial charge in [-0.05, 0) is 53.5 Å². The van der Waals surface area contributed by atoms with E-state index in [1.165, 1.54) is 28.4 Å². The lowest BCUT2D eigenvalue weighted by atomic mass is 10.0. The summed E-state index contributed by atoms with van der Waals surface area (Å²) in [5.41, 5.74) is 8.40. The maximum atomic E-state index is 14.2. The zero-order chi connectivity index (χ0) is 35.2. The Hall–Kier alpha value is -4.99. The summed E-state index contributed by atoms with van der Waals surface area (Å²) in [5, 5.41) is 8.41. The van der Waals surface area contributed by atoms with Crippen LogP contribution < -0.4 is 11.1 Å². The van der Waals surface area contributed by atoms with Gasteiger partial charge in [0.2, 0.25) is 0 Å². The highest BCUT2D eigenvalue weighted by Crippen LogP contribution is 2.45. The summed E-state index contributed by atoms with van der Waals surface area (Å²) in [6.07, 6.45) is 7.86. The normalized spacial score (nSPS) is 21.6. The van der Waals surface area contributed by atoms with Gasteiger partial charge >= 0.3 is 5.97 Å². The SMILES string of the molecule is Nc1nc(C2CCCC2ON=CC(=O)NC2C(=O)N3C(C(=O)OC(c4ccccc4)c4ccccc4)=C(S/C=C\c4cccnc4)CS[C@H]23)ns1. The first kappa shape index (κ1) is 34.5. The molecule has 4 atom stereocenters. The number of benzene rings is 2. The molecule has 1 saturated heterocycles. The number of β-lactam (4-membered cyclic amide) rings is 1. The molecule has 2 aromatic carbocycles. The maximum Gasteiger partial charge on any atom is 0.356 e. The van der Waals surface area contributed by atoms with Crippen molar-refractivity contribution >= 4 is 70.3 Å². The van der Waals surface area contributed by atoms with Crippen LogP contribution in [-0.4, -0.2) is 66.5 Å². The van der Waals surface area contributed by atoms with Gasteiger partial charge in [0.1, 0.15) is 29.4 Å². The van der Waals surface area contributed by atoms with Crippen molar-refractivity contribution < 1.29 is 24.0 Å². The van der Waals surface area contributed by atoms with Crippen LogP contribution in [0.5, 0.6) is 0 Å². The molecule has 51 heavy (non-hydrogen) atoms. The molecule has 15 heteroatoms. The number of pyridine rings is 1. The van der Waals surface area contributed by atoms with Crippen LogP contribution in [0.15, 0.2) is 106 Å². The average Bonchev–Trinajstić information content (AvgIpc) is 3.82. The molecule has 260 valence electrons. The minimum Gasteiger partial charge on any atom is -0.448 e. The van der Waals surface area contributed by atoms with Gasteiger partial charge < -0.3 is 20.6 Å². The summed E-state index contributed by atoms with van der Waals surface area (Å²) in [4.78, 5) is 57.0. The number of hydrogen-bond acceptors (Lipinski definition) is 13. The summed E-state index contributed by atoms with van der Waals surface area (Å²) in [5.74, 6) is -0.648. The number of esters is 1. The van der Waals surface area contributed by atoms with Crippen LogP contribution in [0.3, 0.4) is 0 Å². The number of amides is 2. The number of nitrogens with one attached hydrogen (secondary N) is 1. The summed E-state index contributed by atoms with van der Waals surface area (Å²) < 4.78 is 10.5. The van der Waals surface area contributed by atoms with Gasteiger partial charge in [0.25, 0.3) is 11.8 Å². The molecule has 7 rings (SSSR count). The van der Waals surface area contributed by atoms with Crippen LogP contribution >= 0.6 is 35.1 Å². The third-order valence-corrected chi connectivity index (χ3v) is 11.5. The van der Waals surface area contributed by atoms with E-state index in [0.717, 1.165) is 53.7 Å². The number of aromatic nitrogens is 3.